The molecule has 0 spiro atoms. The molecule has 2 aromatic heterocycles. The van der Waals surface area contributed by atoms with E-state index in [1.54, 1.807) is 56.4 Å². The van der Waals surface area contributed by atoms with Gasteiger partial charge in [0.1, 0.15) is 11.8 Å². The van der Waals surface area contributed by atoms with Gasteiger partial charge >= 0.3 is 5.97 Å². The van der Waals surface area contributed by atoms with Crippen LogP contribution < -0.4 is 10.1 Å². The number of thiazole rings is 1. The molecule has 0 saturated carbocycles. The van der Waals surface area contributed by atoms with Gasteiger partial charge in [-0.3, -0.25) is 4.79 Å². The maximum absolute atomic E-state index is 12.7. The maximum Gasteiger partial charge on any atom is 0.330 e. The number of aromatic nitrogens is 3. The van der Waals surface area contributed by atoms with Crippen LogP contribution >= 0.6 is 11.3 Å². The molecule has 1 atom stereocenters. The fourth-order valence-electron chi connectivity index (χ4n) is 2.45. The van der Waals surface area contributed by atoms with Crippen LogP contribution in [0.4, 0.5) is 0 Å². The van der Waals surface area contributed by atoms with E-state index in [0.717, 1.165) is 4.70 Å². The predicted molar refractivity (Wildman–Crippen MR) is 101 cm³/mol. The monoisotopic (exact) mass is 388 g/mol. The summed E-state index contributed by atoms with van der Waals surface area (Å²) in [6, 6.07) is 4.54. The fraction of sp³-hybridized carbons (Fsp3) is 0.333. The molecule has 1 amide bonds. The minimum Gasteiger partial charge on any atom is -0.497 e. The highest BCUT2D eigenvalue weighted by Gasteiger charge is 2.25. The molecule has 0 radical (unpaired) electrons. The van der Waals surface area contributed by atoms with Crippen molar-refractivity contribution in [3.63, 3.8) is 0 Å². The summed E-state index contributed by atoms with van der Waals surface area (Å²) < 4.78 is 13.0. The number of esters is 1. The number of imidazole rings is 1. The summed E-state index contributed by atoms with van der Waals surface area (Å²) in [5, 5.41) is 2.99. The van der Waals surface area contributed by atoms with E-state index in [-0.39, 0.29) is 17.7 Å². The Labute approximate surface area is 160 Å². The van der Waals surface area contributed by atoms with Gasteiger partial charge in [-0.2, -0.15) is 0 Å². The zero-order chi connectivity index (χ0) is 19.4. The quantitative estimate of drug-likeness (QED) is 0.624. The third-order valence-corrected chi connectivity index (χ3v) is 4.70. The van der Waals surface area contributed by atoms with Gasteiger partial charge in [0, 0.05) is 12.4 Å². The Bertz CT molecular complexity index is 936. The molecule has 1 unspecified atom stereocenters. The highest BCUT2D eigenvalue weighted by molar-refractivity contribution is 7.20. The number of amides is 1. The minimum atomic E-state index is -0.851. The number of fused-ring (bicyclic) bond motifs is 1. The number of methoxy groups -OCH3 is 1. The Morgan fingerprint density at radius 1 is 1.33 bits per heavy atom. The van der Waals surface area contributed by atoms with Gasteiger partial charge in [-0.05, 0) is 32.0 Å². The van der Waals surface area contributed by atoms with Crippen LogP contribution in [0.5, 0.6) is 5.75 Å². The minimum absolute atomic E-state index is 0.218. The number of carbonyl (C=O) groups is 2. The standard InChI is InChI=1S/C18H20N4O4S/c1-11(2)26-18(24)14(9-22-7-6-19-10-22)20-16(23)17-21-13-5-4-12(25-3)8-15(13)27-17/h4-8,10-11,14H,9H2,1-3H3,(H,20,23). The molecule has 0 bridgehead atoms. The van der Waals surface area contributed by atoms with Crippen molar-refractivity contribution in [2.45, 2.75) is 32.5 Å². The number of hydrogen-bond donors (Lipinski definition) is 1. The number of nitrogens with one attached hydrogen (secondary N) is 1. The largest absolute Gasteiger partial charge is 0.497 e. The van der Waals surface area contributed by atoms with Gasteiger partial charge in [-0.1, -0.05) is 0 Å². The fourth-order valence-corrected chi connectivity index (χ4v) is 3.35. The number of ether oxygens (including phenoxy) is 2. The van der Waals surface area contributed by atoms with Crippen LogP contribution in [-0.2, 0) is 16.1 Å². The van der Waals surface area contributed by atoms with Gasteiger partial charge < -0.3 is 19.4 Å². The van der Waals surface area contributed by atoms with Gasteiger partial charge in [0.2, 0.25) is 0 Å². The summed E-state index contributed by atoms with van der Waals surface area (Å²) in [6.45, 7) is 3.74. The van der Waals surface area contributed by atoms with Crippen LogP contribution in [0.2, 0.25) is 0 Å². The zero-order valence-electron chi connectivity index (χ0n) is 15.2. The van der Waals surface area contributed by atoms with Crippen molar-refractivity contribution in [2.75, 3.05) is 7.11 Å². The van der Waals surface area contributed by atoms with Crippen molar-refractivity contribution in [1.82, 2.24) is 19.9 Å². The molecule has 0 aliphatic rings. The lowest BCUT2D eigenvalue weighted by Crippen LogP contribution is -2.45. The molecule has 27 heavy (non-hydrogen) atoms. The molecular formula is C18H20N4O4S. The van der Waals surface area contributed by atoms with Crippen LogP contribution in [0.15, 0.2) is 36.9 Å². The van der Waals surface area contributed by atoms with Crippen LogP contribution in [0, 0.1) is 0 Å². The van der Waals surface area contributed by atoms with Gasteiger partial charge in [0.25, 0.3) is 5.91 Å². The summed E-state index contributed by atoms with van der Waals surface area (Å²) in [5.74, 6) is -0.243. The average molecular weight is 388 g/mol. The number of benzene rings is 1. The predicted octanol–water partition coefficient (Wildman–Crippen LogP) is 2.25. The van der Waals surface area contributed by atoms with Crippen LogP contribution in [-0.4, -0.2) is 45.7 Å². The first-order chi connectivity index (χ1) is 13.0. The molecule has 142 valence electrons. The number of rotatable bonds is 7. The molecule has 0 fully saturated rings. The van der Waals surface area contributed by atoms with E-state index >= 15 is 0 Å². The van der Waals surface area contributed by atoms with E-state index in [4.69, 9.17) is 9.47 Å². The first-order valence-electron chi connectivity index (χ1n) is 8.38. The van der Waals surface area contributed by atoms with Crippen LogP contribution in [0.1, 0.15) is 23.6 Å². The SMILES string of the molecule is COc1ccc2nc(C(=O)NC(Cn3ccnc3)C(=O)OC(C)C)sc2c1. The first kappa shape index (κ1) is 18.8. The summed E-state index contributed by atoms with van der Waals surface area (Å²) >= 11 is 1.24. The van der Waals surface area contributed by atoms with Crippen LogP contribution in [0.3, 0.4) is 0 Å². The summed E-state index contributed by atoms with van der Waals surface area (Å²) in [5.41, 5.74) is 0.696. The van der Waals surface area contributed by atoms with Gasteiger partial charge in [0.15, 0.2) is 5.01 Å². The lowest BCUT2D eigenvalue weighted by Gasteiger charge is -2.19. The number of carbonyl (C=O) groups excluding carboxylic acids is 2. The molecule has 0 saturated heterocycles. The van der Waals surface area contributed by atoms with E-state index < -0.39 is 17.9 Å². The number of nitrogens with zero attached hydrogens (tertiary/aromatic N) is 3. The lowest BCUT2D eigenvalue weighted by molar-refractivity contribution is -0.150. The van der Waals surface area contributed by atoms with E-state index in [1.807, 2.05) is 6.07 Å². The molecule has 1 aromatic carbocycles. The molecular weight excluding hydrogens is 368 g/mol. The van der Waals surface area contributed by atoms with E-state index in [2.05, 4.69) is 15.3 Å². The zero-order valence-corrected chi connectivity index (χ0v) is 16.0. The smallest absolute Gasteiger partial charge is 0.330 e. The first-order valence-corrected chi connectivity index (χ1v) is 9.19. The van der Waals surface area contributed by atoms with E-state index in [1.165, 1.54) is 11.3 Å². The second kappa shape index (κ2) is 8.17. The van der Waals surface area contributed by atoms with Gasteiger partial charge in [0.05, 0.1) is 36.3 Å². The highest BCUT2D eigenvalue weighted by atomic mass is 32.1. The Morgan fingerprint density at radius 2 is 2.15 bits per heavy atom. The maximum atomic E-state index is 12.7. The van der Waals surface area contributed by atoms with Crippen molar-refractivity contribution in [3.05, 3.63) is 41.9 Å². The topological polar surface area (TPSA) is 95.3 Å². The Kier molecular flexibility index (Phi) is 5.70. The summed E-state index contributed by atoms with van der Waals surface area (Å²) in [4.78, 5) is 33.4. The normalized spacial score (nSPS) is 12.1. The van der Waals surface area contributed by atoms with E-state index in [0.29, 0.717) is 11.3 Å². The summed E-state index contributed by atoms with van der Waals surface area (Å²) in [7, 11) is 1.58. The van der Waals surface area contributed by atoms with Crippen molar-refractivity contribution < 1.29 is 19.1 Å². The van der Waals surface area contributed by atoms with Crippen molar-refractivity contribution >= 4 is 33.4 Å². The second-order valence-electron chi connectivity index (χ2n) is 6.12. The van der Waals surface area contributed by atoms with Crippen molar-refractivity contribution in [1.29, 1.82) is 0 Å². The Morgan fingerprint density at radius 3 is 2.81 bits per heavy atom. The Hall–Kier alpha value is -2.94. The second-order valence-corrected chi connectivity index (χ2v) is 7.15. The molecule has 0 aliphatic carbocycles. The molecule has 1 N–H and O–H groups in total. The third kappa shape index (κ3) is 4.62. The molecule has 3 rings (SSSR count). The molecule has 2 heterocycles. The number of hydrogen-bond acceptors (Lipinski definition) is 7. The van der Waals surface area contributed by atoms with Crippen molar-refractivity contribution in [2.24, 2.45) is 0 Å². The summed E-state index contributed by atoms with van der Waals surface area (Å²) in [6.07, 6.45) is 4.61. The lowest BCUT2D eigenvalue weighted by atomic mass is 10.2. The highest BCUT2D eigenvalue weighted by Crippen LogP contribution is 2.26. The molecule has 8 nitrogen and oxygen atoms in total. The van der Waals surface area contributed by atoms with E-state index in [9.17, 15) is 9.59 Å². The third-order valence-electron chi connectivity index (χ3n) is 3.68. The molecule has 0 aliphatic heterocycles. The average Bonchev–Trinajstić information content (AvgIpc) is 3.29. The van der Waals surface area contributed by atoms with Gasteiger partial charge in [-0.25, -0.2) is 14.8 Å². The Balaban J connectivity index is 1.79. The van der Waals surface area contributed by atoms with Crippen molar-refractivity contribution in [3.8, 4) is 5.75 Å². The van der Waals surface area contributed by atoms with Gasteiger partial charge in [-0.15, -0.1) is 11.3 Å². The molecule has 3 aromatic rings. The van der Waals surface area contributed by atoms with Crippen LogP contribution in [0.25, 0.3) is 10.2 Å². The molecule has 9 heteroatoms.